The van der Waals surface area contributed by atoms with Gasteiger partial charge in [-0.05, 0) is 36.2 Å². The van der Waals surface area contributed by atoms with Crippen molar-refractivity contribution in [3.63, 3.8) is 0 Å². The molecule has 0 N–H and O–H groups in total. The Hall–Kier alpha value is -1.94. The second kappa shape index (κ2) is 4.63. The van der Waals surface area contributed by atoms with Crippen molar-refractivity contribution in [1.82, 2.24) is 19.5 Å². The number of benzene rings is 1. The molecule has 0 amide bonds. The van der Waals surface area contributed by atoms with Crippen LogP contribution in [0.25, 0.3) is 11.0 Å². The lowest BCUT2D eigenvalue weighted by Gasteiger charge is -2.05. The van der Waals surface area contributed by atoms with Crippen LogP contribution in [0.3, 0.4) is 0 Å². The van der Waals surface area contributed by atoms with Crippen molar-refractivity contribution in [2.75, 3.05) is 0 Å². The van der Waals surface area contributed by atoms with E-state index in [1.165, 1.54) is 0 Å². The number of halogens is 1. The molecule has 4 nitrogen and oxygen atoms in total. The highest BCUT2D eigenvalue weighted by atomic mass is 35.5. The molecule has 3 rings (SSSR count). The van der Waals surface area contributed by atoms with Crippen molar-refractivity contribution in [1.29, 1.82) is 0 Å². The van der Waals surface area contributed by atoms with E-state index in [2.05, 4.69) is 25.6 Å². The average Bonchev–Trinajstić information content (AvgIpc) is 2.72. The van der Waals surface area contributed by atoms with Crippen LogP contribution < -0.4 is 0 Å². The van der Waals surface area contributed by atoms with E-state index in [4.69, 9.17) is 11.6 Å². The zero-order chi connectivity index (χ0) is 13.4. The fraction of sp³-hybridized carbons (Fsp3) is 0.214. The van der Waals surface area contributed by atoms with E-state index in [9.17, 15) is 0 Å². The Morgan fingerprint density at radius 3 is 2.79 bits per heavy atom. The molecule has 2 aromatic heterocycles. The van der Waals surface area contributed by atoms with Crippen LogP contribution >= 0.6 is 11.6 Å². The molecule has 0 radical (unpaired) electrons. The van der Waals surface area contributed by atoms with Crippen LogP contribution in [0.2, 0.25) is 5.28 Å². The molecule has 0 aliphatic carbocycles. The number of hydrogen-bond donors (Lipinski definition) is 0. The number of fused-ring (bicyclic) bond motifs is 1. The third kappa shape index (κ3) is 2.19. The summed E-state index contributed by atoms with van der Waals surface area (Å²) in [7, 11) is 2.02. The molecule has 1 aromatic carbocycles. The van der Waals surface area contributed by atoms with Gasteiger partial charge in [-0.15, -0.1) is 0 Å². The highest BCUT2D eigenvalue weighted by Gasteiger charge is 2.10. The molecule has 0 aliphatic heterocycles. The van der Waals surface area contributed by atoms with Crippen LogP contribution in [0.5, 0.6) is 0 Å². The fourth-order valence-electron chi connectivity index (χ4n) is 2.14. The normalized spacial score (nSPS) is 11.1. The lowest BCUT2D eigenvalue weighted by Crippen LogP contribution is -2.03. The van der Waals surface area contributed by atoms with Crippen LogP contribution in [0.1, 0.15) is 17.1 Å². The van der Waals surface area contributed by atoms with Crippen LogP contribution in [0.15, 0.2) is 30.5 Å². The first kappa shape index (κ1) is 12.1. The van der Waals surface area contributed by atoms with Gasteiger partial charge in [0.15, 0.2) is 0 Å². The number of aromatic nitrogens is 4. The number of imidazole rings is 1. The molecule has 96 valence electrons. The smallest absolute Gasteiger partial charge is 0.222 e. The number of rotatable bonds is 2. The molecule has 0 bridgehead atoms. The van der Waals surface area contributed by atoms with E-state index in [0.29, 0.717) is 6.42 Å². The van der Waals surface area contributed by atoms with Gasteiger partial charge in [-0.1, -0.05) is 12.1 Å². The summed E-state index contributed by atoms with van der Waals surface area (Å²) >= 11 is 5.85. The first-order chi connectivity index (χ1) is 9.15. The zero-order valence-electron chi connectivity index (χ0n) is 10.8. The van der Waals surface area contributed by atoms with Crippen molar-refractivity contribution >= 4 is 22.6 Å². The summed E-state index contributed by atoms with van der Waals surface area (Å²) in [5.74, 6) is 0.971. The maximum atomic E-state index is 5.85. The van der Waals surface area contributed by atoms with E-state index in [0.717, 1.165) is 28.1 Å². The molecule has 0 aliphatic rings. The standard InChI is InChI=1S/C14H13ClN4/c1-9-8-16-14(15)18-11(9)7-13-17-10-5-3-4-6-12(10)19(13)2/h3-6,8H,7H2,1-2H3. The van der Waals surface area contributed by atoms with E-state index < -0.39 is 0 Å². The van der Waals surface area contributed by atoms with Gasteiger partial charge in [0, 0.05) is 19.7 Å². The van der Waals surface area contributed by atoms with Gasteiger partial charge in [0.05, 0.1) is 16.7 Å². The van der Waals surface area contributed by atoms with E-state index in [1.807, 2.05) is 32.2 Å². The molecule has 3 aromatic rings. The van der Waals surface area contributed by atoms with Crippen molar-refractivity contribution < 1.29 is 0 Å². The van der Waals surface area contributed by atoms with E-state index >= 15 is 0 Å². The molecule has 5 heteroatoms. The molecule has 0 saturated heterocycles. The van der Waals surface area contributed by atoms with Crippen molar-refractivity contribution in [2.45, 2.75) is 13.3 Å². The molecule has 0 saturated carbocycles. The molecule has 0 atom stereocenters. The average molecular weight is 273 g/mol. The summed E-state index contributed by atoms with van der Waals surface area (Å²) in [4.78, 5) is 12.9. The number of aryl methyl sites for hydroxylation is 2. The van der Waals surface area contributed by atoms with Gasteiger partial charge in [-0.3, -0.25) is 0 Å². The van der Waals surface area contributed by atoms with Gasteiger partial charge < -0.3 is 4.57 Å². The number of hydrogen-bond acceptors (Lipinski definition) is 3. The van der Waals surface area contributed by atoms with Crippen molar-refractivity contribution in [3.05, 3.63) is 52.8 Å². The van der Waals surface area contributed by atoms with Crippen molar-refractivity contribution in [2.24, 2.45) is 7.05 Å². The summed E-state index contributed by atoms with van der Waals surface area (Å²) < 4.78 is 2.09. The molecular weight excluding hydrogens is 260 g/mol. The van der Waals surface area contributed by atoms with Gasteiger partial charge in [0.2, 0.25) is 5.28 Å². The fourth-order valence-corrected chi connectivity index (χ4v) is 2.29. The minimum absolute atomic E-state index is 0.277. The molecular formula is C14H13ClN4. The maximum Gasteiger partial charge on any atom is 0.222 e. The Bertz CT molecular complexity index is 748. The first-order valence-electron chi connectivity index (χ1n) is 6.03. The Balaban J connectivity index is 2.06. The van der Waals surface area contributed by atoms with Gasteiger partial charge in [0.25, 0.3) is 0 Å². The topological polar surface area (TPSA) is 43.6 Å². The Kier molecular flexibility index (Phi) is 2.95. The summed E-state index contributed by atoms with van der Waals surface area (Å²) in [5, 5.41) is 0.277. The lowest BCUT2D eigenvalue weighted by molar-refractivity contribution is 0.824. The predicted molar refractivity (Wildman–Crippen MR) is 75.3 cm³/mol. The SMILES string of the molecule is Cc1cnc(Cl)nc1Cc1nc2ccccc2n1C. The van der Waals surface area contributed by atoms with Crippen LogP contribution in [-0.2, 0) is 13.5 Å². The second-order valence-corrected chi connectivity index (χ2v) is 4.86. The monoisotopic (exact) mass is 272 g/mol. The van der Waals surface area contributed by atoms with E-state index in [1.54, 1.807) is 6.20 Å². The van der Waals surface area contributed by atoms with Gasteiger partial charge in [0.1, 0.15) is 5.82 Å². The Morgan fingerprint density at radius 2 is 2.00 bits per heavy atom. The second-order valence-electron chi connectivity index (χ2n) is 4.52. The highest BCUT2D eigenvalue weighted by Crippen LogP contribution is 2.18. The predicted octanol–water partition coefficient (Wildman–Crippen LogP) is 2.92. The molecule has 0 fully saturated rings. The van der Waals surface area contributed by atoms with Crippen LogP contribution in [0.4, 0.5) is 0 Å². The summed E-state index contributed by atoms with van der Waals surface area (Å²) in [5.41, 5.74) is 4.06. The first-order valence-corrected chi connectivity index (χ1v) is 6.41. The lowest BCUT2D eigenvalue weighted by atomic mass is 10.2. The molecule has 19 heavy (non-hydrogen) atoms. The molecule has 0 unspecified atom stereocenters. The third-order valence-electron chi connectivity index (χ3n) is 3.25. The quantitative estimate of drug-likeness (QED) is 0.674. The summed E-state index contributed by atoms with van der Waals surface area (Å²) in [6, 6.07) is 8.08. The zero-order valence-corrected chi connectivity index (χ0v) is 11.5. The third-order valence-corrected chi connectivity index (χ3v) is 3.43. The van der Waals surface area contributed by atoms with Gasteiger partial charge in [-0.25, -0.2) is 15.0 Å². The summed E-state index contributed by atoms with van der Waals surface area (Å²) in [6.07, 6.45) is 2.40. The maximum absolute atomic E-state index is 5.85. The van der Waals surface area contributed by atoms with Gasteiger partial charge >= 0.3 is 0 Å². The molecule has 2 heterocycles. The van der Waals surface area contributed by atoms with Crippen molar-refractivity contribution in [3.8, 4) is 0 Å². The minimum atomic E-state index is 0.277. The summed E-state index contributed by atoms with van der Waals surface area (Å²) in [6.45, 7) is 1.98. The Labute approximate surface area is 116 Å². The van der Waals surface area contributed by atoms with Crippen LogP contribution in [-0.4, -0.2) is 19.5 Å². The largest absolute Gasteiger partial charge is 0.331 e. The number of nitrogens with zero attached hydrogens (tertiary/aromatic N) is 4. The minimum Gasteiger partial charge on any atom is -0.331 e. The highest BCUT2D eigenvalue weighted by molar-refractivity contribution is 6.28. The van der Waals surface area contributed by atoms with Crippen LogP contribution in [0, 0.1) is 6.92 Å². The van der Waals surface area contributed by atoms with Gasteiger partial charge in [-0.2, -0.15) is 0 Å². The van der Waals surface area contributed by atoms with E-state index in [-0.39, 0.29) is 5.28 Å². The Morgan fingerprint density at radius 1 is 1.21 bits per heavy atom. The number of para-hydroxylation sites is 2. The molecule has 0 spiro atoms.